The molecule has 112 valence electrons. The average molecular weight is 284 g/mol. The summed E-state index contributed by atoms with van der Waals surface area (Å²) < 4.78 is 0. The molecule has 2 aromatic rings. The Morgan fingerprint density at radius 3 is 1.90 bits per heavy atom. The molecule has 2 aromatic carbocycles. The first kappa shape index (κ1) is 15.0. The van der Waals surface area contributed by atoms with Crippen molar-refractivity contribution in [2.75, 3.05) is 28.6 Å². The van der Waals surface area contributed by atoms with Gasteiger partial charge in [-0.3, -0.25) is 0 Å². The van der Waals surface area contributed by atoms with Crippen molar-refractivity contribution in [2.24, 2.45) is 0 Å². The number of nitrogens with two attached hydrogens (primary N) is 2. The van der Waals surface area contributed by atoms with Crippen LogP contribution in [0.1, 0.15) is 19.8 Å². The molecule has 0 aromatic heterocycles. The Kier molecular flexibility index (Phi) is 5.32. The van der Waals surface area contributed by atoms with Crippen molar-refractivity contribution in [3.63, 3.8) is 0 Å². The fourth-order valence-corrected chi connectivity index (χ4v) is 2.19. The standard InChI is InChI=1S/C17H24N4/c1-2-15(21-17-9-5-14(19)6-10-17)11-12-20-16-7-3-13(18)4-8-16/h3-10,15,20-21H,2,11-12,18-19H2,1H3. The lowest BCUT2D eigenvalue weighted by Gasteiger charge is -2.19. The van der Waals surface area contributed by atoms with Crippen LogP contribution >= 0.6 is 0 Å². The molecule has 0 saturated heterocycles. The van der Waals surface area contributed by atoms with Crippen molar-refractivity contribution >= 4 is 22.7 Å². The molecule has 6 N–H and O–H groups in total. The molecular weight excluding hydrogens is 260 g/mol. The molecular formula is C17H24N4. The van der Waals surface area contributed by atoms with Crippen molar-refractivity contribution in [3.05, 3.63) is 48.5 Å². The summed E-state index contributed by atoms with van der Waals surface area (Å²) in [4.78, 5) is 0. The van der Waals surface area contributed by atoms with Gasteiger partial charge in [0.05, 0.1) is 0 Å². The predicted molar refractivity (Wildman–Crippen MR) is 92.5 cm³/mol. The Morgan fingerprint density at radius 2 is 1.38 bits per heavy atom. The van der Waals surface area contributed by atoms with Crippen molar-refractivity contribution in [1.29, 1.82) is 0 Å². The molecule has 0 spiro atoms. The molecule has 4 heteroatoms. The third kappa shape index (κ3) is 4.91. The van der Waals surface area contributed by atoms with Crippen LogP contribution in [-0.2, 0) is 0 Å². The number of hydrogen-bond donors (Lipinski definition) is 4. The smallest absolute Gasteiger partial charge is 0.0343 e. The largest absolute Gasteiger partial charge is 0.399 e. The molecule has 0 aliphatic rings. The van der Waals surface area contributed by atoms with Gasteiger partial charge in [0.15, 0.2) is 0 Å². The van der Waals surface area contributed by atoms with Gasteiger partial charge in [-0.1, -0.05) is 6.92 Å². The Balaban J connectivity index is 1.79. The van der Waals surface area contributed by atoms with E-state index in [0.717, 1.165) is 42.1 Å². The fourth-order valence-electron chi connectivity index (χ4n) is 2.19. The van der Waals surface area contributed by atoms with Gasteiger partial charge in [0.25, 0.3) is 0 Å². The Morgan fingerprint density at radius 1 is 0.857 bits per heavy atom. The van der Waals surface area contributed by atoms with Gasteiger partial charge >= 0.3 is 0 Å². The highest BCUT2D eigenvalue weighted by atomic mass is 14.9. The van der Waals surface area contributed by atoms with Gasteiger partial charge in [-0.05, 0) is 61.4 Å². The molecule has 0 amide bonds. The van der Waals surface area contributed by atoms with Crippen molar-refractivity contribution in [1.82, 2.24) is 0 Å². The summed E-state index contributed by atoms with van der Waals surface area (Å²) in [6.07, 6.45) is 2.12. The van der Waals surface area contributed by atoms with Gasteiger partial charge in [0.2, 0.25) is 0 Å². The van der Waals surface area contributed by atoms with Crippen LogP contribution in [0.25, 0.3) is 0 Å². The summed E-state index contributed by atoms with van der Waals surface area (Å²) in [5.74, 6) is 0. The molecule has 0 saturated carbocycles. The summed E-state index contributed by atoms with van der Waals surface area (Å²) in [7, 11) is 0. The van der Waals surface area contributed by atoms with Crippen molar-refractivity contribution in [2.45, 2.75) is 25.8 Å². The minimum Gasteiger partial charge on any atom is -0.399 e. The third-order valence-corrected chi connectivity index (χ3v) is 3.51. The molecule has 2 rings (SSSR count). The number of hydrogen-bond acceptors (Lipinski definition) is 4. The van der Waals surface area contributed by atoms with Gasteiger partial charge in [0.1, 0.15) is 0 Å². The highest BCUT2D eigenvalue weighted by molar-refractivity contribution is 5.52. The zero-order valence-electron chi connectivity index (χ0n) is 12.5. The Hall–Kier alpha value is -2.36. The number of nitrogen functional groups attached to an aromatic ring is 2. The summed E-state index contributed by atoms with van der Waals surface area (Å²) >= 11 is 0. The number of anilines is 4. The van der Waals surface area contributed by atoms with Gasteiger partial charge in [0, 0.05) is 35.3 Å². The summed E-state index contributed by atoms with van der Waals surface area (Å²) in [6, 6.07) is 16.1. The van der Waals surface area contributed by atoms with E-state index in [2.05, 4.69) is 17.6 Å². The molecule has 1 unspecified atom stereocenters. The number of nitrogens with one attached hydrogen (secondary N) is 2. The zero-order valence-corrected chi connectivity index (χ0v) is 12.5. The molecule has 0 aliphatic carbocycles. The SMILES string of the molecule is CCC(CCNc1ccc(N)cc1)Nc1ccc(N)cc1. The summed E-state index contributed by atoms with van der Waals surface area (Å²) in [5, 5.41) is 6.95. The second kappa shape index (κ2) is 7.43. The van der Waals surface area contributed by atoms with E-state index in [1.54, 1.807) is 0 Å². The first-order valence-corrected chi connectivity index (χ1v) is 7.39. The number of rotatable bonds is 7. The maximum atomic E-state index is 5.70. The molecule has 0 radical (unpaired) electrons. The first-order valence-electron chi connectivity index (χ1n) is 7.39. The molecule has 4 nitrogen and oxygen atoms in total. The van der Waals surface area contributed by atoms with E-state index in [-0.39, 0.29) is 0 Å². The lowest BCUT2D eigenvalue weighted by molar-refractivity contribution is 0.653. The van der Waals surface area contributed by atoms with E-state index >= 15 is 0 Å². The normalized spacial score (nSPS) is 11.9. The highest BCUT2D eigenvalue weighted by Gasteiger charge is 2.05. The Labute approximate surface area is 126 Å². The molecule has 21 heavy (non-hydrogen) atoms. The molecule has 1 atom stereocenters. The average Bonchev–Trinajstić information content (AvgIpc) is 2.50. The van der Waals surface area contributed by atoms with Crippen LogP contribution < -0.4 is 22.1 Å². The second-order valence-electron chi connectivity index (χ2n) is 5.21. The summed E-state index contributed by atoms with van der Waals surface area (Å²) in [6.45, 7) is 3.11. The number of benzene rings is 2. The first-order chi connectivity index (χ1) is 10.2. The van der Waals surface area contributed by atoms with Gasteiger partial charge in [-0.25, -0.2) is 0 Å². The summed E-state index contributed by atoms with van der Waals surface area (Å²) in [5.41, 5.74) is 15.2. The minimum atomic E-state index is 0.440. The maximum Gasteiger partial charge on any atom is 0.0343 e. The van der Waals surface area contributed by atoms with Crippen LogP contribution in [0, 0.1) is 0 Å². The van der Waals surface area contributed by atoms with Crippen LogP contribution in [0.4, 0.5) is 22.7 Å². The Bertz CT molecular complexity index is 534. The zero-order chi connectivity index (χ0) is 15.1. The van der Waals surface area contributed by atoms with E-state index in [1.165, 1.54) is 0 Å². The van der Waals surface area contributed by atoms with Crippen LogP contribution in [0.2, 0.25) is 0 Å². The topological polar surface area (TPSA) is 76.1 Å². The molecule has 0 bridgehead atoms. The molecule has 0 aliphatic heterocycles. The van der Waals surface area contributed by atoms with E-state index in [4.69, 9.17) is 11.5 Å². The molecule has 0 heterocycles. The molecule has 0 fully saturated rings. The van der Waals surface area contributed by atoms with Crippen molar-refractivity contribution in [3.8, 4) is 0 Å². The lowest BCUT2D eigenvalue weighted by atomic mass is 10.1. The second-order valence-corrected chi connectivity index (χ2v) is 5.21. The van der Waals surface area contributed by atoms with E-state index in [9.17, 15) is 0 Å². The van der Waals surface area contributed by atoms with Crippen LogP contribution in [0.15, 0.2) is 48.5 Å². The highest BCUT2D eigenvalue weighted by Crippen LogP contribution is 2.15. The van der Waals surface area contributed by atoms with E-state index in [1.807, 2.05) is 48.5 Å². The monoisotopic (exact) mass is 284 g/mol. The van der Waals surface area contributed by atoms with Gasteiger partial charge in [-0.15, -0.1) is 0 Å². The predicted octanol–water partition coefficient (Wildman–Crippen LogP) is 3.54. The van der Waals surface area contributed by atoms with Gasteiger partial charge in [-0.2, -0.15) is 0 Å². The third-order valence-electron chi connectivity index (χ3n) is 3.51. The van der Waals surface area contributed by atoms with E-state index < -0.39 is 0 Å². The van der Waals surface area contributed by atoms with E-state index in [0.29, 0.717) is 6.04 Å². The van der Waals surface area contributed by atoms with Gasteiger partial charge < -0.3 is 22.1 Å². The van der Waals surface area contributed by atoms with Crippen molar-refractivity contribution < 1.29 is 0 Å². The van der Waals surface area contributed by atoms with Crippen LogP contribution in [-0.4, -0.2) is 12.6 Å². The fraction of sp³-hybridized carbons (Fsp3) is 0.294. The minimum absolute atomic E-state index is 0.440. The van der Waals surface area contributed by atoms with Crippen LogP contribution in [0.3, 0.4) is 0 Å². The quantitative estimate of drug-likeness (QED) is 0.587. The van der Waals surface area contributed by atoms with Crippen LogP contribution in [0.5, 0.6) is 0 Å². The maximum absolute atomic E-state index is 5.70. The lowest BCUT2D eigenvalue weighted by Crippen LogP contribution is -2.22.